The molecule has 0 atom stereocenters. The van der Waals surface area contributed by atoms with Crippen LogP contribution < -0.4 is 4.90 Å². The smallest absolute Gasteiger partial charge is 0.293 e. The molecule has 29 heavy (non-hydrogen) atoms. The molecule has 0 saturated carbocycles. The Morgan fingerprint density at radius 3 is 2.48 bits per heavy atom. The molecular formula is C20H26N8O. The van der Waals surface area contributed by atoms with Gasteiger partial charge in [-0.15, -0.1) is 10.2 Å². The van der Waals surface area contributed by atoms with E-state index in [1.165, 1.54) is 0 Å². The molecule has 0 N–H and O–H groups in total. The Morgan fingerprint density at radius 1 is 1.14 bits per heavy atom. The Kier molecular flexibility index (Phi) is 4.48. The third-order valence-electron chi connectivity index (χ3n) is 5.28. The number of anilines is 1. The number of nitrogens with zero attached hydrogens (tertiary/aromatic N) is 8. The quantitative estimate of drug-likeness (QED) is 0.669. The first-order valence-corrected chi connectivity index (χ1v) is 9.71. The van der Waals surface area contributed by atoms with E-state index in [4.69, 9.17) is 0 Å². The van der Waals surface area contributed by atoms with Gasteiger partial charge in [-0.2, -0.15) is 10.1 Å². The zero-order chi connectivity index (χ0) is 20.9. The molecule has 152 valence electrons. The molecule has 1 amide bonds. The van der Waals surface area contributed by atoms with Gasteiger partial charge in [0, 0.05) is 36.9 Å². The third kappa shape index (κ3) is 3.52. The molecule has 3 aromatic rings. The Morgan fingerprint density at radius 2 is 1.86 bits per heavy atom. The van der Waals surface area contributed by atoms with Crippen LogP contribution in [0.3, 0.4) is 0 Å². The van der Waals surface area contributed by atoms with Crippen molar-refractivity contribution in [2.24, 2.45) is 0 Å². The summed E-state index contributed by atoms with van der Waals surface area (Å²) in [5.74, 6) is 1.24. The highest BCUT2D eigenvalue weighted by atomic mass is 16.2. The Bertz CT molecular complexity index is 1060. The van der Waals surface area contributed by atoms with Gasteiger partial charge in [0.05, 0.1) is 11.7 Å². The van der Waals surface area contributed by atoms with Gasteiger partial charge in [0.25, 0.3) is 11.7 Å². The summed E-state index contributed by atoms with van der Waals surface area (Å²) in [6.45, 7) is 11.6. The molecule has 0 spiro atoms. The van der Waals surface area contributed by atoms with Gasteiger partial charge in [-0.1, -0.05) is 20.8 Å². The molecule has 4 rings (SSSR count). The van der Waals surface area contributed by atoms with E-state index in [2.05, 4.69) is 50.9 Å². The van der Waals surface area contributed by atoms with Crippen molar-refractivity contribution in [1.82, 2.24) is 34.7 Å². The van der Waals surface area contributed by atoms with Gasteiger partial charge < -0.3 is 9.80 Å². The number of hydrogen-bond donors (Lipinski definition) is 0. The average Bonchev–Trinajstić information content (AvgIpc) is 3.03. The monoisotopic (exact) mass is 394 g/mol. The summed E-state index contributed by atoms with van der Waals surface area (Å²) in [6, 6.07) is 6.00. The third-order valence-corrected chi connectivity index (χ3v) is 5.28. The Balaban J connectivity index is 1.43. The minimum atomic E-state index is -0.202. The Hall–Kier alpha value is -3.10. The van der Waals surface area contributed by atoms with Crippen molar-refractivity contribution >= 4 is 17.5 Å². The lowest BCUT2D eigenvalue weighted by Crippen LogP contribution is -2.60. The maximum Gasteiger partial charge on any atom is 0.293 e. The van der Waals surface area contributed by atoms with E-state index < -0.39 is 0 Å². The van der Waals surface area contributed by atoms with Gasteiger partial charge in [0.2, 0.25) is 5.82 Å². The summed E-state index contributed by atoms with van der Waals surface area (Å²) < 4.78 is 1.60. The highest BCUT2D eigenvalue weighted by molar-refractivity contribution is 5.91. The zero-order valence-electron chi connectivity index (χ0n) is 17.7. The molecule has 1 fully saturated rings. The number of aryl methyl sites for hydroxylation is 2. The number of likely N-dealkylation sites (N-methyl/N-ethyl adjacent to an activating group) is 1. The van der Waals surface area contributed by atoms with Crippen molar-refractivity contribution in [3.05, 3.63) is 41.1 Å². The molecule has 9 heteroatoms. The minimum absolute atomic E-state index is 0.0253. The second-order valence-corrected chi connectivity index (χ2v) is 8.69. The molecular weight excluding hydrogens is 368 g/mol. The minimum Gasteiger partial charge on any atom is -0.351 e. The van der Waals surface area contributed by atoms with E-state index in [-0.39, 0.29) is 23.2 Å². The lowest BCUT2D eigenvalue weighted by molar-refractivity contribution is 0.0693. The fraction of sp³-hybridized carbons (Fsp3) is 0.500. The summed E-state index contributed by atoms with van der Waals surface area (Å²) in [5.41, 5.74) is 2.68. The second-order valence-electron chi connectivity index (χ2n) is 8.69. The molecule has 0 radical (unpaired) electrons. The summed E-state index contributed by atoms with van der Waals surface area (Å²) in [4.78, 5) is 25.3. The first kappa shape index (κ1) is 19.2. The number of fused-ring (bicyclic) bond motifs is 1. The summed E-state index contributed by atoms with van der Waals surface area (Å²) >= 11 is 0. The predicted molar refractivity (Wildman–Crippen MR) is 109 cm³/mol. The molecule has 1 aliphatic heterocycles. The number of carbonyl (C=O) groups excluding carboxylic acids is 1. The van der Waals surface area contributed by atoms with Gasteiger partial charge in [-0.3, -0.25) is 4.79 Å². The zero-order valence-corrected chi connectivity index (χ0v) is 17.7. The molecule has 9 nitrogen and oxygen atoms in total. The van der Waals surface area contributed by atoms with Gasteiger partial charge in [-0.05, 0) is 32.0 Å². The van der Waals surface area contributed by atoms with Gasteiger partial charge in [-0.25, -0.2) is 9.50 Å². The lowest BCUT2D eigenvalue weighted by Gasteiger charge is -2.44. The number of aromatic nitrogens is 6. The van der Waals surface area contributed by atoms with Crippen LogP contribution in [0.15, 0.2) is 18.2 Å². The number of amides is 1. The van der Waals surface area contributed by atoms with Crippen molar-refractivity contribution in [2.75, 3.05) is 25.0 Å². The highest BCUT2D eigenvalue weighted by Gasteiger charge is 2.35. The topological polar surface area (TPSA) is 92.4 Å². The fourth-order valence-corrected chi connectivity index (χ4v) is 3.36. The largest absolute Gasteiger partial charge is 0.351 e. The average molecular weight is 394 g/mol. The van der Waals surface area contributed by atoms with Crippen molar-refractivity contribution in [3.8, 4) is 0 Å². The van der Waals surface area contributed by atoms with Crippen LogP contribution in [0, 0.1) is 13.8 Å². The fourth-order valence-electron chi connectivity index (χ4n) is 3.36. The van der Waals surface area contributed by atoms with E-state index in [0.29, 0.717) is 18.9 Å². The van der Waals surface area contributed by atoms with E-state index in [0.717, 1.165) is 22.9 Å². The van der Waals surface area contributed by atoms with E-state index in [1.54, 1.807) is 16.5 Å². The summed E-state index contributed by atoms with van der Waals surface area (Å²) in [6.07, 6.45) is 0. The van der Waals surface area contributed by atoms with Crippen LogP contribution in [0.25, 0.3) is 5.78 Å². The number of carbonyl (C=O) groups is 1. The van der Waals surface area contributed by atoms with Crippen LogP contribution in [-0.4, -0.2) is 66.8 Å². The maximum atomic E-state index is 12.9. The lowest BCUT2D eigenvalue weighted by atomic mass is 9.92. The summed E-state index contributed by atoms with van der Waals surface area (Å²) in [5, 5.41) is 13.0. The van der Waals surface area contributed by atoms with Crippen molar-refractivity contribution in [1.29, 1.82) is 0 Å². The van der Waals surface area contributed by atoms with Crippen LogP contribution in [0.5, 0.6) is 0 Å². The standard InChI is InChI=1S/C20H26N8O/c1-12-9-13(2)28-19(21-12)22-17(25-28)18(29)26(6)14-10-27(11-14)16-8-7-15(23-24-16)20(3,4)5/h7-9,14H,10-11H2,1-6H3. The number of rotatable bonds is 3. The molecule has 0 aromatic carbocycles. The van der Waals surface area contributed by atoms with E-state index in [1.807, 2.05) is 32.0 Å². The molecule has 1 saturated heterocycles. The predicted octanol–water partition coefficient (Wildman–Crippen LogP) is 1.79. The van der Waals surface area contributed by atoms with Crippen molar-refractivity contribution in [3.63, 3.8) is 0 Å². The highest BCUT2D eigenvalue weighted by Crippen LogP contribution is 2.24. The first-order valence-electron chi connectivity index (χ1n) is 9.71. The first-order chi connectivity index (χ1) is 13.6. The molecule has 4 heterocycles. The van der Waals surface area contributed by atoms with Crippen molar-refractivity contribution in [2.45, 2.75) is 46.1 Å². The van der Waals surface area contributed by atoms with E-state index >= 15 is 0 Å². The summed E-state index contributed by atoms with van der Waals surface area (Å²) in [7, 11) is 1.79. The molecule has 0 bridgehead atoms. The van der Waals surface area contributed by atoms with Crippen LogP contribution in [-0.2, 0) is 5.41 Å². The van der Waals surface area contributed by atoms with Gasteiger partial charge in [0.15, 0.2) is 5.82 Å². The van der Waals surface area contributed by atoms with Crippen LogP contribution >= 0.6 is 0 Å². The molecule has 3 aromatic heterocycles. The van der Waals surface area contributed by atoms with Gasteiger partial charge >= 0.3 is 0 Å². The molecule has 0 aliphatic carbocycles. The van der Waals surface area contributed by atoms with Crippen molar-refractivity contribution < 1.29 is 4.79 Å². The van der Waals surface area contributed by atoms with Crippen LogP contribution in [0.1, 0.15) is 48.5 Å². The normalized spacial score (nSPS) is 14.9. The van der Waals surface area contributed by atoms with Crippen LogP contribution in [0.2, 0.25) is 0 Å². The van der Waals surface area contributed by atoms with Crippen LogP contribution in [0.4, 0.5) is 5.82 Å². The maximum absolute atomic E-state index is 12.9. The van der Waals surface area contributed by atoms with E-state index in [9.17, 15) is 4.79 Å². The SMILES string of the molecule is Cc1cc(C)n2nc(C(=O)N(C)C3CN(c4ccc(C(C)(C)C)nn4)C3)nc2n1. The second kappa shape index (κ2) is 6.75. The molecule has 0 unspecified atom stereocenters. The number of hydrogen-bond acceptors (Lipinski definition) is 7. The molecule has 1 aliphatic rings. The van der Waals surface area contributed by atoms with Gasteiger partial charge in [0.1, 0.15) is 0 Å². The Labute approximate surface area is 169 Å².